The molecule has 1 aliphatic heterocycles. The fourth-order valence-corrected chi connectivity index (χ4v) is 5.82. The average molecular weight is 639 g/mol. The first kappa shape index (κ1) is 31.0. The first-order chi connectivity index (χ1) is 20.8. The first-order valence-corrected chi connectivity index (χ1v) is 14.7. The number of benzene rings is 2. The van der Waals surface area contributed by atoms with Gasteiger partial charge in [-0.05, 0) is 37.3 Å². The highest BCUT2D eigenvalue weighted by atomic mass is 32.2. The molecule has 0 radical (unpaired) electrons. The van der Waals surface area contributed by atoms with E-state index in [2.05, 4.69) is 25.6 Å². The number of hydrogen-bond donors (Lipinski definition) is 3. The van der Waals surface area contributed by atoms with Gasteiger partial charge >= 0.3 is 0 Å². The summed E-state index contributed by atoms with van der Waals surface area (Å²) in [6.07, 6.45) is 2.88. The summed E-state index contributed by atoms with van der Waals surface area (Å²) in [6, 6.07) is 7.15. The van der Waals surface area contributed by atoms with Crippen LogP contribution in [0.2, 0.25) is 0 Å². The van der Waals surface area contributed by atoms with Crippen molar-refractivity contribution in [1.29, 1.82) is 0 Å². The maximum atomic E-state index is 15.1. The van der Waals surface area contributed by atoms with Crippen LogP contribution in [0.25, 0.3) is 11.3 Å². The molecular weight excluding hydrogens is 614 g/mol. The largest absolute Gasteiger partial charge is 0.435 e. The summed E-state index contributed by atoms with van der Waals surface area (Å²) in [7, 11) is -4.81. The molecule has 232 valence electrons. The van der Waals surface area contributed by atoms with Crippen LogP contribution in [0.1, 0.15) is 18.9 Å². The molecule has 1 fully saturated rings. The Morgan fingerprint density at radius 3 is 2.48 bits per heavy atom. The number of rotatable bonds is 9. The van der Waals surface area contributed by atoms with E-state index in [1.165, 1.54) is 42.2 Å². The highest BCUT2D eigenvalue weighted by Gasteiger charge is 2.32. The molecule has 0 amide bonds. The molecule has 3 heterocycles. The van der Waals surface area contributed by atoms with Crippen molar-refractivity contribution < 1.29 is 39.5 Å². The van der Waals surface area contributed by atoms with Crippen LogP contribution in [0.4, 0.5) is 38.0 Å². The van der Waals surface area contributed by atoms with Crippen LogP contribution in [0.3, 0.4) is 0 Å². The smallest absolute Gasteiger partial charge is 0.237 e. The number of aromatic nitrogens is 3. The number of pyridine rings is 1. The molecule has 0 saturated carbocycles. The molecule has 44 heavy (non-hydrogen) atoms. The molecule has 3 N–H and O–H groups in total. The van der Waals surface area contributed by atoms with Crippen LogP contribution >= 0.6 is 0 Å². The molecule has 2 aromatic carbocycles. The second-order valence-electron chi connectivity index (χ2n) is 10.2. The van der Waals surface area contributed by atoms with E-state index in [1.807, 2.05) is 0 Å². The maximum absolute atomic E-state index is 15.1. The molecule has 1 saturated heterocycles. The van der Waals surface area contributed by atoms with Gasteiger partial charge in [0.25, 0.3) is 0 Å². The van der Waals surface area contributed by atoms with E-state index in [4.69, 9.17) is 4.74 Å². The molecule has 2 aromatic heterocycles. The van der Waals surface area contributed by atoms with Crippen molar-refractivity contribution in [2.24, 2.45) is 0 Å². The summed E-state index contributed by atoms with van der Waals surface area (Å²) in [5.41, 5.74) is -3.32. The standard InChI is InChI=1S/C28H24F6N6O3S/c1-28(34)11-15(12-35-14-28)38-27-37-9-7-21(39-27)16-4-3-8-36-26(16)43-22-10-20(31)25(24(33)23(22)32)40-44(41,42)13-17-18(29)5-2-6-19(17)30/h2-10,15,35,40H,11-14H2,1H3,(H,37,38,39)/t15?,28-/m0/s1. The van der Waals surface area contributed by atoms with E-state index in [-0.39, 0.29) is 42.1 Å². The first-order valence-electron chi connectivity index (χ1n) is 13.1. The molecule has 1 aliphatic rings. The van der Waals surface area contributed by atoms with Crippen LogP contribution in [-0.2, 0) is 15.8 Å². The summed E-state index contributed by atoms with van der Waals surface area (Å²) in [5.74, 6) is -10.2. The van der Waals surface area contributed by atoms with Crippen LogP contribution in [0.5, 0.6) is 11.6 Å². The molecule has 0 aliphatic carbocycles. The van der Waals surface area contributed by atoms with E-state index in [0.717, 1.165) is 18.2 Å². The Morgan fingerprint density at radius 1 is 1.00 bits per heavy atom. The summed E-state index contributed by atoms with van der Waals surface area (Å²) < 4.78 is 119. The van der Waals surface area contributed by atoms with Gasteiger partial charge in [0.05, 0.1) is 11.3 Å². The van der Waals surface area contributed by atoms with Gasteiger partial charge in [-0.2, -0.15) is 4.39 Å². The minimum absolute atomic E-state index is 0.150. The monoisotopic (exact) mass is 638 g/mol. The normalized spacial score (nSPS) is 18.6. The second kappa shape index (κ2) is 12.3. The number of piperidine rings is 1. The summed E-state index contributed by atoms with van der Waals surface area (Å²) in [5, 5.41) is 6.03. The SMILES string of the molecule is C[C@@]1(F)CNCC(Nc2nccc(-c3cccnc3Oc3cc(F)c(NS(=O)(=O)Cc4c(F)cccc4F)c(F)c3F)n2)C1. The molecule has 1 unspecified atom stereocenters. The van der Waals surface area contributed by atoms with Crippen LogP contribution in [0, 0.1) is 29.1 Å². The van der Waals surface area contributed by atoms with Gasteiger partial charge in [0, 0.05) is 49.6 Å². The minimum Gasteiger partial charge on any atom is -0.435 e. The number of alkyl halides is 1. The lowest BCUT2D eigenvalue weighted by Gasteiger charge is -2.33. The third-order valence-electron chi connectivity index (χ3n) is 6.58. The molecular formula is C28H24F6N6O3S. The lowest BCUT2D eigenvalue weighted by atomic mass is 9.95. The van der Waals surface area contributed by atoms with Crippen molar-refractivity contribution in [1.82, 2.24) is 20.3 Å². The van der Waals surface area contributed by atoms with Crippen molar-refractivity contribution in [2.75, 3.05) is 23.1 Å². The number of hydrogen-bond acceptors (Lipinski definition) is 8. The van der Waals surface area contributed by atoms with E-state index in [0.29, 0.717) is 12.6 Å². The zero-order valence-corrected chi connectivity index (χ0v) is 23.7. The van der Waals surface area contributed by atoms with Gasteiger partial charge in [0.2, 0.25) is 27.7 Å². The third-order valence-corrected chi connectivity index (χ3v) is 7.76. The van der Waals surface area contributed by atoms with E-state index in [9.17, 15) is 30.4 Å². The van der Waals surface area contributed by atoms with E-state index < -0.39 is 67.5 Å². The summed E-state index contributed by atoms with van der Waals surface area (Å²) >= 11 is 0. The third kappa shape index (κ3) is 7.02. The van der Waals surface area contributed by atoms with E-state index >= 15 is 4.39 Å². The second-order valence-corrected chi connectivity index (χ2v) is 12.0. The Morgan fingerprint density at radius 2 is 1.75 bits per heavy atom. The van der Waals surface area contributed by atoms with Gasteiger partial charge < -0.3 is 15.4 Å². The molecule has 0 bridgehead atoms. The molecule has 0 spiro atoms. The molecule has 2 atom stereocenters. The van der Waals surface area contributed by atoms with Crippen LogP contribution < -0.4 is 20.1 Å². The van der Waals surface area contributed by atoms with Gasteiger partial charge in [-0.15, -0.1) is 0 Å². The Hall–Kier alpha value is -4.44. The number of sulfonamides is 1. The number of nitrogens with zero attached hydrogens (tertiary/aromatic N) is 3. The van der Waals surface area contributed by atoms with Crippen molar-refractivity contribution in [3.8, 4) is 22.9 Å². The predicted molar refractivity (Wildman–Crippen MR) is 149 cm³/mol. The molecule has 4 aromatic rings. The van der Waals surface area contributed by atoms with Crippen LogP contribution in [-0.4, -0.2) is 48.2 Å². The van der Waals surface area contributed by atoms with E-state index in [1.54, 1.807) is 0 Å². The summed E-state index contributed by atoms with van der Waals surface area (Å²) in [6.45, 7) is 2.15. The predicted octanol–water partition coefficient (Wildman–Crippen LogP) is 5.47. The molecule has 5 rings (SSSR count). The number of nitrogens with one attached hydrogen (secondary N) is 3. The Labute approximate surface area is 247 Å². The van der Waals surface area contributed by atoms with Crippen LogP contribution in [0.15, 0.2) is 54.9 Å². The zero-order chi connectivity index (χ0) is 31.6. The van der Waals surface area contributed by atoms with Crippen molar-refractivity contribution >= 4 is 21.7 Å². The van der Waals surface area contributed by atoms with Gasteiger partial charge in [-0.25, -0.2) is 45.3 Å². The van der Waals surface area contributed by atoms with Crippen molar-refractivity contribution in [3.63, 3.8) is 0 Å². The highest BCUT2D eigenvalue weighted by Crippen LogP contribution is 2.36. The average Bonchev–Trinajstić information content (AvgIpc) is 2.96. The fraction of sp³-hybridized carbons (Fsp3) is 0.250. The van der Waals surface area contributed by atoms with Gasteiger partial charge in [0.1, 0.15) is 28.7 Å². The number of ether oxygens (including phenoxy) is 1. The maximum Gasteiger partial charge on any atom is 0.237 e. The summed E-state index contributed by atoms with van der Waals surface area (Å²) in [4.78, 5) is 12.5. The van der Waals surface area contributed by atoms with Gasteiger partial charge in [-0.3, -0.25) is 4.72 Å². The van der Waals surface area contributed by atoms with Crippen molar-refractivity contribution in [2.45, 2.75) is 30.8 Å². The van der Waals surface area contributed by atoms with Crippen molar-refractivity contribution in [3.05, 3.63) is 89.5 Å². The minimum atomic E-state index is -4.81. The Kier molecular flexibility index (Phi) is 8.65. The quantitative estimate of drug-likeness (QED) is 0.163. The molecule has 16 heteroatoms. The Bertz CT molecular complexity index is 1790. The Balaban J connectivity index is 1.38. The van der Waals surface area contributed by atoms with Gasteiger partial charge in [-0.1, -0.05) is 6.07 Å². The number of halogens is 6. The fourth-order valence-electron chi connectivity index (χ4n) is 4.59. The lowest BCUT2D eigenvalue weighted by Crippen LogP contribution is -2.50. The lowest BCUT2D eigenvalue weighted by molar-refractivity contribution is 0.137. The van der Waals surface area contributed by atoms with Gasteiger partial charge in [0.15, 0.2) is 17.4 Å². The molecule has 9 nitrogen and oxygen atoms in total. The number of anilines is 2. The zero-order valence-electron chi connectivity index (χ0n) is 22.8. The highest BCUT2D eigenvalue weighted by molar-refractivity contribution is 7.91. The topological polar surface area (TPSA) is 118 Å².